The van der Waals surface area contributed by atoms with E-state index in [-0.39, 0.29) is 11.1 Å². The van der Waals surface area contributed by atoms with Crippen LogP contribution in [0.5, 0.6) is 0 Å². The first-order valence-corrected chi connectivity index (χ1v) is 6.04. The van der Waals surface area contributed by atoms with Crippen molar-refractivity contribution in [1.82, 2.24) is 0 Å². The number of hydrogen-bond donors (Lipinski definition) is 3. The number of fused-ring (bicyclic) bond motifs is 2. The fraction of sp³-hybridized carbons (Fsp3) is 0.0667. The number of rotatable bonds is 2. The third kappa shape index (κ3) is 1.99. The van der Waals surface area contributed by atoms with E-state index >= 15 is 0 Å². The summed E-state index contributed by atoms with van der Waals surface area (Å²) < 4.78 is 0. The molecule has 3 N–H and O–H groups in total. The van der Waals surface area contributed by atoms with Crippen LogP contribution in [0.1, 0.15) is 31.8 Å². The maximum Gasteiger partial charge on any atom is 0.335 e. The lowest BCUT2D eigenvalue weighted by Crippen LogP contribution is -2.10. The first kappa shape index (κ1) is 12.2. The van der Waals surface area contributed by atoms with E-state index in [9.17, 15) is 9.59 Å². The zero-order valence-electron chi connectivity index (χ0n) is 10.4. The van der Waals surface area contributed by atoms with Gasteiger partial charge in [-0.05, 0) is 35.4 Å². The lowest BCUT2D eigenvalue weighted by molar-refractivity contribution is 0.0686. The molecule has 1 aliphatic rings. The summed E-state index contributed by atoms with van der Waals surface area (Å²) >= 11 is 0. The Balaban J connectivity index is 2.03. The van der Waals surface area contributed by atoms with Gasteiger partial charge in [-0.1, -0.05) is 12.1 Å². The third-order valence-corrected chi connectivity index (χ3v) is 3.36. The molecule has 0 bridgehead atoms. The van der Waals surface area contributed by atoms with Gasteiger partial charge in [0.15, 0.2) is 0 Å². The first-order valence-electron chi connectivity index (χ1n) is 6.04. The monoisotopic (exact) mass is 269 g/mol. The van der Waals surface area contributed by atoms with Crippen LogP contribution in [-0.4, -0.2) is 22.2 Å². The highest BCUT2D eigenvalue weighted by atomic mass is 16.4. The number of anilines is 2. The maximum atomic E-state index is 11.0. The molecular weight excluding hydrogens is 258 g/mol. The van der Waals surface area contributed by atoms with Gasteiger partial charge < -0.3 is 15.5 Å². The standard InChI is InChI=1S/C15H11NO4/c17-14(18)10-3-1-8-5-9-2-4-11(15(19)20)7-13(9)16-12(8)6-10/h1-4,6-7,16H,5H2,(H,17,18)(H,19,20). The van der Waals surface area contributed by atoms with Crippen LogP contribution in [0.4, 0.5) is 11.4 Å². The lowest BCUT2D eigenvalue weighted by atomic mass is 9.95. The lowest BCUT2D eigenvalue weighted by Gasteiger charge is -2.22. The van der Waals surface area contributed by atoms with Crippen molar-refractivity contribution in [3.8, 4) is 0 Å². The Morgan fingerprint density at radius 1 is 0.850 bits per heavy atom. The van der Waals surface area contributed by atoms with Crippen molar-refractivity contribution >= 4 is 23.3 Å². The van der Waals surface area contributed by atoms with Crippen molar-refractivity contribution in [2.24, 2.45) is 0 Å². The van der Waals surface area contributed by atoms with Crippen molar-refractivity contribution < 1.29 is 19.8 Å². The Bertz CT molecular complexity index is 675. The van der Waals surface area contributed by atoms with Gasteiger partial charge >= 0.3 is 11.9 Å². The summed E-state index contributed by atoms with van der Waals surface area (Å²) in [5, 5.41) is 21.1. The van der Waals surface area contributed by atoms with Crippen LogP contribution in [0.2, 0.25) is 0 Å². The van der Waals surface area contributed by atoms with E-state index in [0.717, 1.165) is 11.1 Å². The number of aromatic carboxylic acids is 2. The molecule has 2 aromatic rings. The minimum Gasteiger partial charge on any atom is -0.478 e. The predicted molar refractivity (Wildman–Crippen MR) is 72.9 cm³/mol. The molecule has 1 heterocycles. The van der Waals surface area contributed by atoms with Gasteiger partial charge in [0.25, 0.3) is 0 Å². The van der Waals surface area contributed by atoms with E-state index in [0.29, 0.717) is 17.8 Å². The molecule has 5 heteroatoms. The second kappa shape index (κ2) is 4.38. The molecule has 0 saturated carbocycles. The summed E-state index contributed by atoms with van der Waals surface area (Å²) in [6, 6.07) is 9.82. The van der Waals surface area contributed by atoms with Gasteiger partial charge in [-0.2, -0.15) is 0 Å². The van der Waals surface area contributed by atoms with Crippen molar-refractivity contribution in [3.05, 3.63) is 58.7 Å². The van der Waals surface area contributed by atoms with Crippen LogP contribution in [0.25, 0.3) is 0 Å². The molecule has 0 unspecified atom stereocenters. The number of carboxylic acids is 2. The van der Waals surface area contributed by atoms with Gasteiger partial charge in [0, 0.05) is 17.8 Å². The van der Waals surface area contributed by atoms with Crippen molar-refractivity contribution in [2.45, 2.75) is 6.42 Å². The molecule has 1 aliphatic heterocycles. The van der Waals surface area contributed by atoms with Gasteiger partial charge in [-0.15, -0.1) is 0 Å². The normalized spacial score (nSPS) is 12.0. The number of nitrogens with one attached hydrogen (secondary N) is 1. The molecule has 0 fully saturated rings. The predicted octanol–water partition coefficient (Wildman–Crippen LogP) is 2.73. The molecule has 5 nitrogen and oxygen atoms in total. The Kier molecular flexibility index (Phi) is 2.68. The van der Waals surface area contributed by atoms with Crippen molar-refractivity contribution in [1.29, 1.82) is 0 Å². The highest BCUT2D eigenvalue weighted by Gasteiger charge is 2.17. The molecule has 0 saturated heterocycles. The summed E-state index contributed by atoms with van der Waals surface area (Å²) in [4.78, 5) is 21.9. The molecule has 0 aromatic heterocycles. The summed E-state index contributed by atoms with van der Waals surface area (Å²) in [5.41, 5.74) is 3.80. The van der Waals surface area contributed by atoms with E-state index in [2.05, 4.69) is 5.32 Å². The van der Waals surface area contributed by atoms with E-state index in [1.54, 1.807) is 36.4 Å². The summed E-state index contributed by atoms with van der Waals surface area (Å²) in [5.74, 6) is -1.97. The summed E-state index contributed by atoms with van der Waals surface area (Å²) in [7, 11) is 0. The Labute approximate surface area is 114 Å². The van der Waals surface area contributed by atoms with Gasteiger partial charge in [0.05, 0.1) is 11.1 Å². The molecule has 100 valence electrons. The smallest absolute Gasteiger partial charge is 0.335 e. The molecule has 0 radical (unpaired) electrons. The summed E-state index contributed by atoms with van der Waals surface area (Å²) in [6.07, 6.45) is 0.650. The van der Waals surface area contributed by atoms with Gasteiger partial charge in [-0.25, -0.2) is 9.59 Å². The van der Waals surface area contributed by atoms with Gasteiger partial charge in [0.1, 0.15) is 0 Å². The van der Waals surface area contributed by atoms with Crippen LogP contribution < -0.4 is 5.32 Å². The minimum absolute atomic E-state index is 0.203. The molecule has 0 atom stereocenters. The van der Waals surface area contributed by atoms with Crippen LogP contribution in [0.15, 0.2) is 36.4 Å². The number of hydrogen-bond acceptors (Lipinski definition) is 3. The fourth-order valence-corrected chi connectivity index (χ4v) is 2.31. The average Bonchev–Trinajstić information content (AvgIpc) is 2.43. The van der Waals surface area contributed by atoms with E-state index in [1.807, 2.05) is 0 Å². The maximum absolute atomic E-state index is 11.0. The topological polar surface area (TPSA) is 86.6 Å². The van der Waals surface area contributed by atoms with Gasteiger partial charge in [0.2, 0.25) is 0 Å². The zero-order valence-corrected chi connectivity index (χ0v) is 10.4. The Morgan fingerprint density at radius 3 is 1.70 bits per heavy atom. The van der Waals surface area contributed by atoms with Crippen molar-refractivity contribution in [2.75, 3.05) is 5.32 Å². The molecule has 0 spiro atoms. The highest BCUT2D eigenvalue weighted by Crippen LogP contribution is 2.33. The molecule has 20 heavy (non-hydrogen) atoms. The second-order valence-corrected chi connectivity index (χ2v) is 4.66. The Morgan fingerprint density at radius 2 is 1.30 bits per heavy atom. The van der Waals surface area contributed by atoms with Gasteiger partial charge in [-0.3, -0.25) is 0 Å². The first-order chi connectivity index (χ1) is 9.54. The largest absolute Gasteiger partial charge is 0.478 e. The quantitative estimate of drug-likeness (QED) is 0.666. The molecule has 2 aromatic carbocycles. The van der Waals surface area contributed by atoms with Crippen LogP contribution in [0, 0.1) is 0 Å². The molecule has 0 amide bonds. The van der Waals surface area contributed by atoms with E-state index in [4.69, 9.17) is 10.2 Å². The molecule has 3 rings (SSSR count). The van der Waals surface area contributed by atoms with Crippen LogP contribution in [0.3, 0.4) is 0 Å². The SMILES string of the molecule is O=C(O)c1ccc2c(c1)Nc1cc(C(=O)O)ccc1C2. The minimum atomic E-state index is -0.986. The van der Waals surface area contributed by atoms with Crippen molar-refractivity contribution in [3.63, 3.8) is 0 Å². The van der Waals surface area contributed by atoms with E-state index < -0.39 is 11.9 Å². The third-order valence-electron chi connectivity index (χ3n) is 3.36. The zero-order chi connectivity index (χ0) is 14.3. The van der Waals surface area contributed by atoms with E-state index in [1.165, 1.54) is 0 Å². The molecular formula is C15H11NO4. The number of carboxylic acid groups (broad SMARTS) is 2. The fourth-order valence-electron chi connectivity index (χ4n) is 2.31. The number of benzene rings is 2. The number of carbonyl (C=O) groups is 2. The highest BCUT2D eigenvalue weighted by molar-refractivity contribution is 5.92. The Hall–Kier alpha value is -2.82. The van der Waals surface area contributed by atoms with Crippen LogP contribution in [-0.2, 0) is 6.42 Å². The van der Waals surface area contributed by atoms with Crippen LogP contribution >= 0.6 is 0 Å². The second-order valence-electron chi connectivity index (χ2n) is 4.66. The average molecular weight is 269 g/mol. The molecule has 0 aliphatic carbocycles. The summed E-state index contributed by atoms with van der Waals surface area (Å²) in [6.45, 7) is 0.